The molecule has 2 heterocycles. The van der Waals surface area contributed by atoms with E-state index < -0.39 is 11.4 Å². The number of pyridine rings is 1. The number of halogens is 1. The van der Waals surface area contributed by atoms with Gasteiger partial charge in [0.1, 0.15) is 5.16 Å². The van der Waals surface area contributed by atoms with Gasteiger partial charge in [-0.05, 0) is 32.4 Å². The van der Waals surface area contributed by atoms with E-state index in [0.29, 0.717) is 22.1 Å². The van der Waals surface area contributed by atoms with E-state index in [9.17, 15) is 9.35 Å². The minimum atomic E-state index is -1.30. The van der Waals surface area contributed by atoms with E-state index in [1.165, 1.54) is 6.20 Å². The van der Waals surface area contributed by atoms with Crippen molar-refractivity contribution in [3.8, 4) is 0 Å². The molecule has 156 valence electrons. The van der Waals surface area contributed by atoms with Crippen LogP contribution >= 0.6 is 11.6 Å². The van der Waals surface area contributed by atoms with Gasteiger partial charge in [-0.15, -0.1) is 4.72 Å². The molecule has 1 aliphatic rings. The number of nitrogens with zero attached hydrogens (tertiary/aromatic N) is 4. The number of nitrogens with one attached hydrogen (secondary N) is 2. The number of amidine groups is 2. The van der Waals surface area contributed by atoms with Crippen LogP contribution in [-0.2, 0) is 22.7 Å². The standard InChI is InChI=1S/C19H25ClN6O2S/c1-6-12(3)26-18(24-13(4)20)16(7-2)25-17(19(26)27)23-10-14-8-9-15(11-22-14)29(28)21-5/h7-9,11-12,21H,4,6,10H2,1-3,5H3,(H,23,25)/b16-7+,24-18?/t12-,29?/m1/s1. The third-order valence-corrected chi connectivity index (χ3v) is 5.41. The van der Waals surface area contributed by atoms with Gasteiger partial charge in [0.2, 0.25) is 0 Å². The highest BCUT2D eigenvalue weighted by Crippen LogP contribution is 2.18. The van der Waals surface area contributed by atoms with Crippen LogP contribution in [0, 0.1) is 0 Å². The Morgan fingerprint density at radius 3 is 2.79 bits per heavy atom. The molecule has 2 atom stereocenters. The van der Waals surface area contributed by atoms with Crippen molar-refractivity contribution < 1.29 is 9.35 Å². The van der Waals surface area contributed by atoms with Gasteiger partial charge < -0.3 is 9.87 Å². The van der Waals surface area contributed by atoms with Crippen molar-refractivity contribution in [3.05, 3.63) is 47.5 Å². The van der Waals surface area contributed by atoms with Crippen LogP contribution < -0.4 is 10.0 Å². The zero-order valence-electron chi connectivity index (χ0n) is 16.9. The second-order valence-electron chi connectivity index (χ2n) is 6.19. The molecule has 0 aliphatic carbocycles. The van der Waals surface area contributed by atoms with E-state index >= 15 is 0 Å². The molecule has 1 fully saturated rings. The van der Waals surface area contributed by atoms with E-state index in [1.807, 2.05) is 20.8 Å². The lowest BCUT2D eigenvalue weighted by Crippen LogP contribution is -2.57. The molecule has 0 radical (unpaired) electrons. The Hall–Kier alpha value is -2.20. The molecule has 1 aromatic heterocycles. The van der Waals surface area contributed by atoms with Crippen molar-refractivity contribution in [2.45, 2.75) is 44.7 Å². The summed E-state index contributed by atoms with van der Waals surface area (Å²) in [4.78, 5) is 28.1. The number of aromatic nitrogens is 1. The van der Waals surface area contributed by atoms with Gasteiger partial charge in [-0.2, -0.15) is 0 Å². The van der Waals surface area contributed by atoms with Crippen LogP contribution in [0.5, 0.6) is 0 Å². The predicted molar refractivity (Wildman–Crippen MR) is 117 cm³/mol. The van der Waals surface area contributed by atoms with Crippen LogP contribution in [0.4, 0.5) is 0 Å². The zero-order valence-corrected chi connectivity index (χ0v) is 18.5. The van der Waals surface area contributed by atoms with E-state index in [-0.39, 0.29) is 29.5 Å². The summed E-state index contributed by atoms with van der Waals surface area (Å²) in [7, 11) is 1.61. The summed E-state index contributed by atoms with van der Waals surface area (Å²) in [6, 6.07) is 3.34. The number of rotatable bonds is 7. The lowest BCUT2D eigenvalue weighted by molar-refractivity contribution is -0.122. The third-order valence-electron chi connectivity index (χ3n) is 4.29. The lowest BCUT2D eigenvalue weighted by atomic mass is 10.1. The largest absolute Gasteiger partial charge is 0.593 e. The molecule has 1 amide bonds. The predicted octanol–water partition coefficient (Wildman–Crippen LogP) is 2.46. The maximum absolute atomic E-state index is 13.1. The first-order valence-electron chi connectivity index (χ1n) is 9.11. The van der Waals surface area contributed by atoms with E-state index in [2.05, 4.69) is 31.6 Å². The first kappa shape index (κ1) is 23.1. The monoisotopic (exact) mass is 436 g/mol. The summed E-state index contributed by atoms with van der Waals surface area (Å²) in [5.41, 5.74) is 1.27. The van der Waals surface area contributed by atoms with Crippen LogP contribution in [0.25, 0.3) is 0 Å². The summed E-state index contributed by atoms with van der Waals surface area (Å²) < 4.78 is 14.4. The number of hydrogen-bond donors (Lipinski definition) is 2. The minimum absolute atomic E-state index is 0.0888. The van der Waals surface area contributed by atoms with Crippen molar-refractivity contribution in [2.24, 2.45) is 9.98 Å². The fraction of sp³-hybridized carbons (Fsp3) is 0.368. The average molecular weight is 437 g/mol. The summed E-state index contributed by atoms with van der Waals surface area (Å²) in [5.74, 6) is 0.319. The summed E-state index contributed by atoms with van der Waals surface area (Å²) in [6.45, 7) is 9.55. The molecule has 1 unspecified atom stereocenters. The van der Waals surface area contributed by atoms with Gasteiger partial charge in [0.25, 0.3) is 5.91 Å². The number of aliphatic imine (C=N–C) groups is 2. The van der Waals surface area contributed by atoms with Gasteiger partial charge in [-0.1, -0.05) is 31.2 Å². The number of hydrogen-bond acceptors (Lipinski definition) is 6. The van der Waals surface area contributed by atoms with Crippen LogP contribution in [0.15, 0.2) is 56.7 Å². The topological polar surface area (TPSA) is 105 Å². The van der Waals surface area contributed by atoms with Crippen molar-refractivity contribution in [2.75, 3.05) is 7.05 Å². The molecule has 8 nitrogen and oxygen atoms in total. The zero-order chi connectivity index (χ0) is 21.6. The van der Waals surface area contributed by atoms with Crippen molar-refractivity contribution in [3.63, 3.8) is 0 Å². The van der Waals surface area contributed by atoms with E-state index in [1.54, 1.807) is 30.2 Å². The number of carbonyl (C=O) groups is 1. The normalized spacial score (nSPS) is 20.8. The number of carbonyl (C=O) groups excluding carboxylic acids is 1. The first-order chi connectivity index (χ1) is 13.8. The fourth-order valence-corrected chi connectivity index (χ4v) is 3.25. The van der Waals surface area contributed by atoms with Gasteiger partial charge in [0.15, 0.2) is 16.6 Å². The third kappa shape index (κ3) is 5.66. The molecule has 0 spiro atoms. The summed E-state index contributed by atoms with van der Waals surface area (Å²) in [5, 5.41) is 3.12. The Morgan fingerprint density at radius 1 is 1.55 bits per heavy atom. The molecule has 10 heteroatoms. The molecule has 1 aliphatic heterocycles. The maximum atomic E-state index is 13.1. The lowest BCUT2D eigenvalue weighted by Gasteiger charge is -2.35. The second-order valence-corrected chi connectivity index (χ2v) is 8.05. The molecule has 29 heavy (non-hydrogen) atoms. The highest BCUT2D eigenvalue weighted by Gasteiger charge is 2.35. The molecule has 0 bridgehead atoms. The Balaban J connectivity index is 2.31. The molecule has 0 aromatic carbocycles. The van der Waals surface area contributed by atoms with Crippen molar-refractivity contribution >= 4 is 40.5 Å². The van der Waals surface area contributed by atoms with Gasteiger partial charge >= 0.3 is 0 Å². The molecule has 2 rings (SSSR count). The van der Waals surface area contributed by atoms with Gasteiger partial charge in [-0.3, -0.25) is 19.7 Å². The Bertz CT molecular complexity index is 853. The van der Waals surface area contributed by atoms with Crippen molar-refractivity contribution in [1.82, 2.24) is 19.9 Å². The summed E-state index contributed by atoms with van der Waals surface area (Å²) in [6.07, 6.45) is 4.06. The van der Waals surface area contributed by atoms with Crippen LogP contribution in [0.3, 0.4) is 0 Å². The maximum Gasteiger partial charge on any atom is 0.295 e. The van der Waals surface area contributed by atoms with Crippen molar-refractivity contribution in [1.29, 1.82) is 0 Å². The van der Waals surface area contributed by atoms with Gasteiger partial charge in [0, 0.05) is 13.1 Å². The Morgan fingerprint density at radius 2 is 2.28 bits per heavy atom. The first-order valence-corrected chi connectivity index (χ1v) is 10.6. The highest BCUT2D eigenvalue weighted by atomic mass is 35.5. The smallest absolute Gasteiger partial charge is 0.295 e. The molecule has 1 aromatic rings. The molecule has 0 saturated carbocycles. The quantitative estimate of drug-likeness (QED) is 0.504. The van der Waals surface area contributed by atoms with E-state index in [0.717, 1.165) is 6.42 Å². The molecular weight excluding hydrogens is 412 g/mol. The highest BCUT2D eigenvalue weighted by molar-refractivity contribution is 7.89. The van der Waals surface area contributed by atoms with Crippen LogP contribution in [-0.4, -0.2) is 45.1 Å². The number of piperazine rings is 1. The van der Waals surface area contributed by atoms with E-state index in [4.69, 9.17) is 11.6 Å². The minimum Gasteiger partial charge on any atom is -0.593 e. The van der Waals surface area contributed by atoms with Crippen LogP contribution in [0.1, 0.15) is 32.9 Å². The average Bonchev–Trinajstić information content (AvgIpc) is 2.72. The second kappa shape index (κ2) is 10.5. The Labute approximate surface area is 179 Å². The SMILES string of the molecule is C=C(Cl)N=C1/C(=C\C)NC(=NCc2ccc([S+]([O-])NC)cn2)C(=O)N1[C@H](C)CC. The van der Waals surface area contributed by atoms with Crippen LogP contribution in [0.2, 0.25) is 0 Å². The molecular formula is C19H25ClN6O2S. The van der Waals surface area contributed by atoms with Gasteiger partial charge in [0.05, 0.1) is 35.5 Å². The number of allylic oxidation sites excluding steroid dienone is 1. The number of amides is 1. The fourth-order valence-electron chi connectivity index (χ4n) is 2.60. The van der Waals surface area contributed by atoms with Gasteiger partial charge in [-0.25, -0.2) is 4.99 Å². The Kier molecular flexibility index (Phi) is 8.39. The molecule has 1 saturated heterocycles. The summed E-state index contributed by atoms with van der Waals surface area (Å²) >= 11 is 4.58. The molecule has 2 N–H and O–H groups in total.